The third-order valence-corrected chi connectivity index (χ3v) is 2.61. The second-order valence-corrected chi connectivity index (χ2v) is 3.75. The van der Waals surface area contributed by atoms with Crippen LogP contribution in [0, 0.1) is 0 Å². The fourth-order valence-corrected chi connectivity index (χ4v) is 1.79. The minimum atomic E-state index is -0.501. The van der Waals surface area contributed by atoms with Crippen LogP contribution in [-0.2, 0) is 0 Å². The number of hydrogen-bond donors (Lipinski definition) is 2. The third-order valence-electron chi connectivity index (χ3n) is 2.61. The maximum absolute atomic E-state index is 10.0. The maximum Gasteiger partial charge on any atom is 0.0935 e. The molecule has 2 aromatic rings. The SMILES string of the molecule is CCNCC(O)c1cccc2cccnc12. The second kappa shape index (κ2) is 5.05. The van der Waals surface area contributed by atoms with E-state index in [4.69, 9.17) is 0 Å². The van der Waals surface area contributed by atoms with Crippen LogP contribution in [-0.4, -0.2) is 23.2 Å². The lowest BCUT2D eigenvalue weighted by Gasteiger charge is -2.13. The molecule has 0 amide bonds. The summed E-state index contributed by atoms with van der Waals surface area (Å²) >= 11 is 0. The molecule has 0 aliphatic carbocycles. The highest BCUT2D eigenvalue weighted by atomic mass is 16.3. The van der Waals surface area contributed by atoms with Gasteiger partial charge in [-0.3, -0.25) is 4.98 Å². The lowest BCUT2D eigenvalue weighted by atomic mass is 10.0. The van der Waals surface area contributed by atoms with Crippen molar-refractivity contribution in [3.8, 4) is 0 Å². The average Bonchev–Trinajstić information content (AvgIpc) is 2.35. The molecule has 1 unspecified atom stereocenters. The van der Waals surface area contributed by atoms with Crippen LogP contribution in [0.2, 0.25) is 0 Å². The number of aliphatic hydroxyl groups is 1. The van der Waals surface area contributed by atoms with Gasteiger partial charge in [0, 0.05) is 23.7 Å². The summed E-state index contributed by atoms with van der Waals surface area (Å²) in [6, 6.07) is 9.80. The molecule has 2 rings (SSSR count). The highest BCUT2D eigenvalue weighted by molar-refractivity contribution is 5.81. The summed E-state index contributed by atoms with van der Waals surface area (Å²) in [5.74, 6) is 0. The van der Waals surface area contributed by atoms with E-state index in [0.717, 1.165) is 23.0 Å². The summed E-state index contributed by atoms with van der Waals surface area (Å²) in [6.45, 7) is 3.44. The molecule has 3 nitrogen and oxygen atoms in total. The Hall–Kier alpha value is -1.45. The quantitative estimate of drug-likeness (QED) is 0.820. The summed E-state index contributed by atoms with van der Waals surface area (Å²) in [5.41, 5.74) is 1.77. The van der Waals surface area contributed by atoms with Gasteiger partial charge in [-0.2, -0.15) is 0 Å². The van der Waals surface area contributed by atoms with Crippen molar-refractivity contribution in [2.24, 2.45) is 0 Å². The topological polar surface area (TPSA) is 45.1 Å². The molecule has 1 aromatic carbocycles. The molecule has 0 fully saturated rings. The molecule has 1 aromatic heterocycles. The Balaban J connectivity index is 2.36. The van der Waals surface area contributed by atoms with Crippen LogP contribution in [0.5, 0.6) is 0 Å². The first-order valence-corrected chi connectivity index (χ1v) is 5.55. The molecule has 16 heavy (non-hydrogen) atoms. The molecule has 1 heterocycles. The Morgan fingerprint density at radius 3 is 2.94 bits per heavy atom. The Kier molecular flexibility index (Phi) is 3.49. The number of para-hydroxylation sites is 1. The van der Waals surface area contributed by atoms with Crippen molar-refractivity contribution in [3.63, 3.8) is 0 Å². The standard InChI is InChI=1S/C13H16N2O/c1-2-14-9-12(16)11-7-3-5-10-6-4-8-15-13(10)11/h3-8,12,14,16H,2,9H2,1H3. The molecule has 3 heteroatoms. The van der Waals surface area contributed by atoms with E-state index in [-0.39, 0.29) is 0 Å². The fraction of sp³-hybridized carbons (Fsp3) is 0.308. The molecule has 0 aliphatic heterocycles. The minimum absolute atomic E-state index is 0.501. The van der Waals surface area contributed by atoms with E-state index < -0.39 is 6.10 Å². The van der Waals surface area contributed by atoms with Crippen molar-refractivity contribution in [2.45, 2.75) is 13.0 Å². The highest BCUT2D eigenvalue weighted by Gasteiger charge is 2.10. The van der Waals surface area contributed by atoms with Gasteiger partial charge in [-0.05, 0) is 12.6 Å². The van der Waals surface area contributed by atoms with Crippen molar-refractivity contribution in [3.05, 3.63) is 42.1 Å². The van der Waals surface area contributed by atoms with E-state index in [2.05, 4.69) is 10.3 Å². The largest absolute Gasteiger partial charge is 0.387 e. The first-order valence-electron chi connectivity index (χ1n) is 5.55. The highest BCUT2D eigenvalue weighted by Crippen LogP contribution is 2.21. The Morgan fingerprint density at radius 1 is 1.31 bits per heavy atom. The maximum atomic E-state index is 10.0. The van der Waals surface area contributed by atoms with Gasteiger partial charge in [0.25, 0.3) is 0 Å². The first kappa shape index (κ1) is 11.0. The van der Waals surface area contributed by atoms with Gasteiger partial charge in [0.2, 0.25) is 0 Å². The van der Waals surface area contributed by atoms with Crippen LogP contribution in [0.3, 0.4) is 0 Å². The fourth-order valence-electron chi connectivity index (χ4n) is 1.79. The van der Waals surface area contributed by atoms with Crippen molar-refractivity contribution >= 4 is 10.9 Å². The molecule has 0 aliphatic rings. The van der Waals surface area contributed by atoms with Gasteiger partial charge in [0.1, 0.15) is 0 Å². The van der Waals surface area contributed by atoms with E-state index >= 15 is 0 Å². The van der Waals surface area contributed by atoms with Crippen LogP contribution < -0.4 is 5.32 Å². The Bertz CT molecular complexity index is 465. The number of nitrogens with zero attached hydrogens (tertiary/aromatic N) is 1. The zero-order chi connectivity index (χ0) is 11.4. The number of likely N-dealkylation sites (N-methyl/N-ethyl adjacent to an activating group) is 1. The number of benzene rings is 1. The van der Waals surface area contributed by atoms with Crippen LogP contribution in [0.25, 0.3) is 10.9 Å². The van der Waals surface area contributed by atoms with Crippen LogP contribution in [0.4, 0.5) is 0 Å². The number of rotatable bonds is 4. The zero-order valence-electron chi connectivity index (χ0n) is 9.35. The van der Waals surface area contributed by atoms with Gasteiger partial charge < -0.3 is 10.4 Å². The Morgan fingerprint density at radius 2 is 2.12 bits per heavy atom. The summed E-state index contributed by atoms with van der Waals surface area (Å²) in [5, 5.41) is 14.2. The first-order chi connectivity index (χ1) is 7.83. The predicted molar refractivity (Wildman–Crippen MR) is 65.2 cm³/mol. The number of hydrogen-bond acceptors (Lipinski definition) is 3. The number of nitrogens with one attached hydrogen (secondary N) is 1. The average molecular weight is 216 g/mol. The van der Waals surface area contributed by atoms with Crippen molar-refractivity contribution in [1.29, 1.82) is 0 Å². The smallest absolute Gasteiger partial charge is 0.0935 e. The molecule has 84 valence electrons. The zero-order valence-corrected chi connectivity index (χ0v) is 9.35. The molecule has 1 atom stereocenters. The molecular formula is C13H16N2O. The minimum Gasteiger partial charge on any atom is -0.387 e. The van der Waals surface area contributed by atoms with Gasteiger partial charge in [-0.25, -0.2) is 0 Å². The summed E-state index contributed by atoms with van der Waals surface area (Å²) in [6.07, 6.45) is 1.25. The number of aromatic nitrogens is 1. The summed E-state index contributed by atoms with van der Waals surface area (Å²) < 4.78 is 0. The third kappa shape index (κ3) is 2.21. The lowest BCUT2D eigenvalue weighted by molar-refractivity contribution is 0.177. The van der Waals surface area contributed by atoms with E-state index in [1.807, 2.05) is 37.3 Å². The van der Waals surface area contributed by atoms with E-state index in [0.29, 0.717) is 6.54 Å². The summed E-state index contributed by atoms with van der Waals surface area (Å²) in [7, 11) is 0. The van der Waals surface area contributed by atoms with Crippen LogP contribution >= 0.6 is 0 Å². The summed E-state index contributed by atoms with van der Waals surface area (Å²) in [4.78, 5) is 4.32. The number of aliphatic hydroxyl groups excluding tert-OH is 1. The van der Waals surface area contributed by atoms with Crippen LogP contribution in [0.1, 0.15) is 18.6 Å². The molecule has 0 radical (unpaired) electrons. The van der Waals surface area contributed by atoms with Gasteiger partial charge in [0.05, 0.1) is 11.6 Å². The van der Waals surface area contributed by atoms with E-state index in [1.165, 1.54) is 0 Å². The van der Waals surface area contributed by atoms with E-state index in [1.54, 1.807) is 6.20 Å². The van der Waals surface area contributed by atoms with Crippen molar-refractivity contribution < 1.29 is 5.11 Å². The van der Waals surface area contributed by atoms with Crippen LogP contribution in [0.15, 0.2) is 36.5 Å². The molecular weight excluding hydrogens is 200 g/mol. The monoisotopic (exact) mass is 216 g/mol. The van der Waals surface area contributed by atoms with Gasteiger partial charge >= 0.3 is 0 Å². The van der Waals surface area contributed by atoms with Crippen molar-refractivity contribution in [2.75, 3.05) is 13.1 Å². The van der Waals surface area contributed by atoms with Gasteiger partial charge in [-0.15, -0.1) is 0 Å². The number of pyridine rings is 1. The van der Waals surface area contributed by atoms with Gasteiger partial charge in [0.15, 0.2) is 0 Å². The molecule has 0 saturated carbocycles. The lowest BCUT2D eigenvalue weighted by Crippen LogP contribution is -2.21. The van der Waals surface area contributed by atoms with E-state index in [9.17, 15) is 5.11 Å². The normalized spacial score (nSPS) is 12.9. The van der Waals surface area contributed by atoms with Gasteiger partial charge in [-0.1, -0.05) is 31.2 Å². The Labute approximate surface area is 95.1 Å². The predicted octanol–water partition coefficient (Wildman–Crippen LogP) is 1.88. The van der Waals surface area contributed by atoms with Crippen molar-refractivity contribution in [1.82, 2.24) is 10.3 Å². The number of fused-ring (bicyclic) bond motifs is 1. The molecule has 0 saturated heterocycles. The second-order valence-electron chi connectivity index (χ2n) is 3.75. The molecule has 0 spiro atoms. The molecule has 0 bridgehead atoms. The molecule has 2 N–H and O–H groups in total.